The van der Waals surface area contributed by atoms with Crippen LogP contribution in [0.3, 0.4) is 0 Å². The van der Waals surface area contributed by atoms with Gasteiger partial charge in [-0.25, -0.2) is 0 Å². The molecule has 0 aromatic heterocycles. The van der Waals surface area contributed by atoms with Gasteiger partial charge in [-0.3, -0.25) is 0 Å². The van der Waals surface area contributed by atoms with E-state index in [0.717, 1.165) is 15.8 Å². The van der Waals surface area contributed by atoms with Gasteiger partial charge >= 0.3 is 0 Å². The van der Waals surface area contributed by atoms with Crippen LogP contribution >= 0.6 is 23.4 Å². The molecule has 94 valence electrons. The Morgan fingerprint density at radius 2 is 2.00 bits per heavy atom. The van der Waals surface area contributed by atoms with Crippen LogP contribution in [-0.4, -0.2) is 5.25 Å². The molecule has 1 aromatic rings. The van der Waals surface area contributed by atoms with Gasteiger partial charge in [0.25, 0.3) is 0 Å². The van der Waals surface area contributed by atoms with E-state index in [4.69, 9.17) is 17.3 Å². The van der Waals surface area contributed by atoms with Gasteiger partial charge in [0.2, 0.25) is 0 Å². The fourth-order valence-corrected chi connectivity index (χ4v) is 3.83. The van der Waals surface area contributed by atoms with Crippen LogP contribution in [0.5, 0.6) is 0 Å². The summed E-state index contributed by atoms with van der Waals surface area (Å²) < 4.78 is 0. The van der Waals surface area contributed by atoms with Crippen LogP contribution in [0.2, 0.25) is 5.02 Å². The molecule has 1 fully saturated rings. The third-order valence-electron chi connectivity index (χ3n) is 3.33. The van der Waals surface area contributed by atoms with Crippen LogP contribution in [0.4, 0.5) is 0 Å². The van der Waals surface area contributed by atoms with E-state index in [-0.39, 0.29) is 6.04 Å². The van der Waals surface area contributed by atoms with Crippen molar-refractivity contribution in [2.24, 2.45) is 5.73 Å². The van der Waals surface area contributed by atoms with Crippen molar-refractivity contribution in [2.45, 2.75) is 55.2 Å². The lowest BCUT2D eigenvalue weighted by molar-refractivity contribution is 0.516. The predicted octanol–water partition coefficient (Wildman–Crippen LogP) is 4.78. The van der Waals surface area contributed by atoms with E-state index in [1.54, 1.807) is 0 Å². The molecule has 1 atom stereocenters. The second kappa shape index (κ2) is 6.12. The molecule has 0 saturated heterocycles. The number of hydrogen-bond donors (Lipinski definition) is 1. The average Bonchev–Trinajstić information content (AvgIpc) is 2.33. The molecule has 0 amide bonds. The van der Waals surface area contributed by atoms with Crippen molar-refractivity contribution < 1.29 is 0 Å². The molecule has 2 rings (SSSR count). The first-order valence-corrected chi connectivity index (χ1v) is 7.64. The first-order valence-electron chi connectivity index (χ1n) is 6.38. The first kappa shape index (κ1) is 13.3. The summed E-state index contributed by atoms with van der Waals surface area (Å²) in [5.74, 6) is 0. The van der Waals surface area contributed by atoms with Crippen molar-refractivity contribution in [1.82, 2.24) is 0 Å². The highest BCUT2D eigenvalue weighted by atomic mass is 35.5. The highest BCUT2D eigenvalue weighted by Gasteiger charge is 2.16. The van der Waals surface area contributed by atoms with E-state index in [1.807, 2.05) is 24.8 Å². The molecule has 0 aliphatic heterocycles. The topological polar surface area (TPSA) is 26.0 Å². The maximum Gasteiger partial charge on any atom is 0.0545 e. The van der Waals surface area contributed by atoms with Gasteiger partial charge in [0.1, 0.15) is 0 Å². The molecule has 0 radical (unpaired) electrons. The van der Waals surface area contributed by atoms with Gasteiger partial charge in [-0.2, -0.15) is 0 Å². The predicted molar refractivity (Wildman–Crippen MR) is 76.8 cm³/mol. The quantitative estimate of drug-likeness (QED) is 0.854. The van der Waals surface area contributed by atoms with Gasteiger partial charge in [0, 0.05) is 16.2 Å². The van der Waals surface area contributed by atoms with E-state index in [2.05, 4.69) is 12.1 Å². The number of benzene rings is 1. The smallest absolute Gasteiger partial charge is 0.0545 e. The monoisotopic (exact) mass is 269 g/mol. The van der Waals surface area contributed by atoms with Crippen molar-refractivity contribution in [3.05, 3.63) is 28.8 Å². The normalized spacial score (nSPS) is 19.2. The fourth-order valence-electron chi connectivity index (χ4n) is 2.26. The second-order valence-corrected chi connectivity index (χ2v) is 6.61. The minimum atomic E-state index is 0.0567. The summed E-state index contributed by atoms with van der Waals surface area (Å²) in [4.78, 5) is 1.21. The zero-order valence-electron chi connectivity index (χ0n) is 10.3. The number of thioether (sulfide) groups is 1. The van der Waals surface area contributed by atoms with Gasteiger partial charge in [0.15, 0.2) is 0 Å². The van der Waals surface area contributed by atoms with Crippen LogP contribution in [0.1, 0.15) is 50.6 Å². The molecular weight excluding hydrogens is 250 g/mol. The Hall–Kier alpha value is -0.180. The highest BCUT2D eigenvalue weighted by Crippen LogP contribution is 2.37. The molecule has 3 heteroatoms. The van der Waals surface area contributed by atoms with E-state index in [1.165, 1.54) is 37.0 Å². The fraction of sp³-hybridized carbons (Fsp3) is 0.571. The van der Waals surface area contributed by atoms with Crippen LogP contribution < -0.4 is 5.73 Å². The molecule has 1 nitrogen and oxygen atoms in total. The standard InChI is InChI=1S/C14H20ClNS/c1-10(16)11-7-8-14(13(15)9-11)17-12-5-3-2-4-6-12/h7-10,12H,2-6,16H2,1H3/t10-/m0/s1. The lowest BCUT2D eigenvalue weighted by atomic mass is 10.0. The molecule has 0 spiro atoms. The highest BCUT2D eigenvalue weighted by molar-refractivity contribution is 8.00. The molecule has 1 saturated carbocycles. The summed E-state index contributed by atoms with van der Waals surface area (Å²) in [5.41, 5.74) is 6.97. The zero-order chi connectivity index (χ0) is 12.3. The third kappa shape index (κ3) is 3.64. The molecule has 1 aromatic carbocycles. The van der Waals surface area contributed by atoms with Gasteiger partial charge in [0.05, 0.1) is 5.02 Å². The second-order valence-electron chi connectivity index (χ2n) is 4.86. The summed E-state index contributed by atoms with van der Waals surface area (Å²) in [5, 5.41) is 1.61. The van der Waals surface area contributed by atoms with E-state index in [9.17, 15) is 0 Å². The zero-order valence-corrected chi connectivity index (χ0v) is 11.9. The average molecular weight is 270 g/mol. The van der Waals surface area contributed by atoms with E-state index < -0.39 is 0 Å². The Labute approximate surface area is 113 Å². The molecule has 17 heavy (non-hydrogen) atoms. The van der Waals surface area contributed by atoms with Crippen molar-refractivity contribution in [2.75, 3.05) is 0 Å². The minimum Gasteiger partial charge on any atom is -0.324 e. The SMILES string of the molecule is C[C@H](N)c1ccc(SC2CCCCC2)c(Cl)c1. The Morgan fingerprint density at radius 1 is 1.29 bits per heavy atom. The summed E-state index contributed by atoms with van der Waals surface area (Å²) in [6.07, 6.45) is 6.79. The van der Waals surface area contributed by atoms with Crippen LogP contribution in [0.15, 0.2) is 23.1 Å². The van der Waals surface area contributed by atoms with Gasteiger partial charge in [-0.05, 0) is 37.5 Å². The van der Waals surface area contributed by atoms with Crippen LogP contribution in [0.25, 0.3) is 0 Å². The lowest BCUT2D eigenvalue weighted by Crippen LogP contribution is -2.08. The number of hydrogen-bond acceptors (Lipinski definition) is 2. The summed E-state index contributed by atoms with van der Waals surface area (Å²) >= 11 is 8.26. The Balaban J connectivity index is 2.05. The van der Waals surface area contributed by atoms with Crippen molar-refractivity contribution >= 4 is 23.4 Å². The maximum atomic E-state index is 6.32. The van der Waals surface area contributed by atoms with Gasteiger partial charge in [-0.15, -0.1) is 11.8 Å². The third-order valence-corrected chi connectivity index (χ3v) is 5.17. The van der Waals surface area contributed by atoms with E-state index >= 15 is 0 Å². The Bertz CT molecular complexity index is 372. The Kier molecular flexibility index (Phi) is 4.78. The first-order chi connectivity index (χ1) is 8.16. The van der Waals surface area contributed by atoms with Crippen molar-refractivity contribution in [1.29, 1.82) is 0 Å². The molecule has 0 heterocycles. The molecule has 0 unspecified atom stereocenters. The van der Waals surface area contributed by atoms with E-state index in [0.29, 0.717) is 0 Å². The van der Waals surface area contributed by atoms with Gasteiger partial charge in [-0.1, -0.05) is 36.9 Å². The largest absolute Gasteiger partial charge is 0.324 e. The molecular formula is C14H20ClNS. The molecule has 1 aliphatic carbocycles. The van der Waals surface area contributed by atoms with Gasteiger partial charge < -0.3 is 5.73 Å². The van der Waals surface area contributed by atoms with Crippen molar-refractivity contribution in [3.63, 3.8) is 0 Å². The minimum absolute atomic E-state index is 0.0567. The van der Waals surface area contributed by atoms with Crippen LogP contribution in [-0.2, 0) is 0 Å². The summed E-state index contributed by atoms with van der Waals surface area (Å²) in [6.45, 7) is 1.99. The molecule has 0 bridgehead atoms. The number of nitrogens with two attached hydrogens (primary N) is 1. The van der Waals surface area contributed by atoms with Crippen LogP contribution in [0, 0.1) is 0 Å². The maximum absolute atomic E-state index is 6.32. The number of halogens is 1. The lowest BCUT2D eigenvalue weighted by Gasteiger charge is -2.21. The molecule has 2 N–H and O–H groups in total. The molecule has 1 aliphatic rings. The summed E-state index contributed by atoms with van der Waals surface area (Å²) in [7, 11) is 0. The number of rotatable bonds is 3. The van der Waals surface area contributed by atoms with Crippen molar-refractivity contribution in [3.8, 4) is 0 Å². The summed E-state index contributed by atoms with van der Waals surface area (Å²) in [6, 6.07) is 6.29. The Morgan fingerprint density at radius 3 is 2.59 bits per heavy atom.